The highest BCUT2D eigenvalue weighted by molar-refractivity contribution is 7.86. The molecule has 0 aromatic heterocycles. The van der Waals surface area contributed by atoms with E-state index in [1.807, 2.05) is 12.1 Å². The zero-order valence-corrected chi connectivity index (χ0v) is 18.6. The van der Waals surface area contributed by atoms with Crippen molar-refractivity contribution in [2.24, 2.45) is 11.1 Å². The molecule has 168 valence electrons. The molecule has 0 radical (unpaired) electrons. The van der Waals surface area contributed by atoms with Crippen LogP contribution < -0.4 is 8.92 Å². The van der Waals surface area contributed by atoms with E-state index in [0.29, 0.717) is 37.5 Å². The molecular formula is C22H27NO7S. The molecule has 2 aromatic rings. The van der Waals surface area contributed by atoms with Gasteiger partial charge in [-0.1, -0.05) is 29.4 Å². The lowest BCUT2D eigenvalue weighted by molar-refractivity contribution is -0.139. The lowest BCUT2D eigenvalue weighted by Crippen LogP contribution is -2.24. The van der Waals surface area contributed by atoms with Gasteiger partial charge in [0.1, 0.15) is 24.0 Å². The van der Waals surface area contributed by atoms with Gasteiger partial charge in [0, 0.05) is 6.42 Å². The third-order valence-electron chi connectivity index (χ3n) is 4.33. The quantitative estimate of drug-likeness (QED) is 0.301. The Morgan fingerprint density at radius 2 is 1.61 bits per heavy atom. The molecule has 1 N–H and O–H groups in total. The number of hydrogen-bond acceptors (Lipinski definition) is 7. The summed E-state index contributed by atoms with van der Waals surface area (Å²) in [6.07, 6.45) is 1.94. The number of hydrogen-bond donors (Lipinski definition) is 1. The first-order valence-electron chi connectivity index (χ1n) is 9.77. The topological polar surface area (TPSA) is 111 Å². The van der Waals surface area contributed by atoms with Gasteiger partial charge < -0.3 is 18.9 Å². The summed E-state index contributed by atoms with van der Waals surface area (Å²) in [6.45, 7) is 4.25. The second-order valence-corrected chi connectivity index (χ2v) is 8.49. The van der Waals surface area contributed by atoms with Crippen LogP contribution in [0.2, 0.25) is 0 Å². The summed E-state index contributed by atoms with van der Waals surface area (Å²) in [7, 11) is -3.54. The highest BCUT2D eigenvalue weighted by atomic mass is 32.2. The molecule has 1 atom stereocenters. The molecule has 0 fully saturated rings. The monoisotopic (exact) mass is 449 g/mol. The molecule has 0 aliphatic carbocycles. The number of rotatable bonds is 12. The largest absolute Gasteiger partial charge is 0.493 e. The summed E-state index contributed by atoms with van der Waals surface area (Å²) in [5.74, 6) is -0.765. The van der Waals surface area contributed by atoms with Crippen LogP contribution in [-0.4, -0.2) is 44.7 Å². The Balaban J connectivity index is 1.87. The fourth-order valence-electron chi connectivity index (χ4n) is 2.77. The van der Waals surface area contributed by atoms with Crippen LogP contribution in [0, 0.1) is 5.92 Å². The minimum Gasteiger partial charge on any atom is -0.493 e. The molecule has 0 saturated heterocycles. The molecule has 0 aliphatic heterocycles. The van der Waals surface area contributed by atoms with Gasteiger partial charge in [-0.15, -0.1) is 0 Å². The lowest BCUT2D eigenvalue weighted by Gasteiger charge is -2.13. The molecular weight excluding hydrogens is 422 g/mol. The van der Waals surface area contributed by atoms with E-state index in [2.05, 4.69) is 5.16 Å². The van der Waals surface area contributed by atoms with Crippen LogP contribution in [0.3, 0.4) is 0 Å². The normalized spacial score (nSPS) is 12.8. The van der Waals surface area contributed by atoms with E-state index in [4.69, 9.17) is 13.8 Å². The molecule has 31 heavy (non-hydrogen) atoms. The SMILES string of the molecule is CCO/N=C(/C)C(Cc1ccc(OCCc2ccc(OS(C)(=O)=O)cc2)cc1)C(=O)O. The summed E-state index contributed by atoms with van der Waals surface area (Å²) in [4.78, 5) is 16.5. The lowest BCUT2D eigenvalue weighted by atomic mass is 9.95. The third kappa shape index (κ3) is 8.67. The summed E-state index contributed by atoms with van der Waals surface area (Å²) >= 11 is 0. The Labute approximate surface area is 182 Å². The Bertz CT molecular complexity index is 984. The van der Waals surface area contributed by atoms with Gasteiger partial charge in [-0.05, 0) is 55.7 Å². The van der Waals surface area contributed by atoms with Crippen LogP contribution in [0.1, 0.15) is 25.0 Å². The summed E-state index contributed by atoms with van der Waals surface area (Å²) in [5.41, 5.74) is 2.25. The number of carboxylic acid groups (broad SMARTS) is 1. The van der Waals surface area contributed by atoms with Gasteiger partial charge in [0.05, 0.1) is 18.6 Å². The summed E-state index contributed by atoms with van der Waals surface area (Å²) in [6, 6.07) is 14.0. The first-order valence-corrected chi connectivity index (χ1v) is 11.6. The van der Waals surface area contributed by atoms with Crippen LogP contribution in [0.25, 0.3) is 0 Å². The van der Waals surface area contributed by atoms with Gasteiger partial charge in [0.25, 0.3) is 0 Å². The van der Waals surface area contributed by atoms with Crippen LogP contribution in [0.5, 0.6) is 11.5 Å². The summed E-state index contributed by atoms with van der Waals surface area (Å²) < 4.78 is 32.8. The van der Waals surface area contributed by atoms with Gasteiger partial charge in [-0.25, -0.2) is 0 Å². The highest BCUT2D eigenvalue weighted by Crippen LogP contribution is 2.18. The maximum absolute atomic E-state index is 11.5. The Morgan fingerprint density at radius 1 is 1.03 bits per heavy atom. The van der Waals surface area contributed by atoms with Crippen molar-refractivity contribution in [3.8, 4) is 11.5 Å². The second-order valence-electron chi connectivity index (χ2n) is 6.92. The second kappa shape index (κ2) is 11.4. The summed E-state index contributed by atoms with van der Waals surface area (Å²) in [5, 5.41) is 13.3. The molecule has 0 heterocycles. The van der Waals surface area contributed by atoms with Crippen molar-refractivity contribution in [1.82, 2.24) is 0 Å². The van der Waals surface area contributed by atoms with Gasteiger partial charge in [0.15, 0.2) is 0 Å². The average Bonchev–Trinajstić information content (AvgIpc) is 2.71. The Morgan fingerprint density at radius 3 is 2.16 bits per heavy atom. The standard InChI is InChI=1S/C22H27NO7S/c1-4-29-23-16(2)21(22(24)25)15-18-7-9-19(10-8-18)28-14-13-17-5-11-20(12-6-17)30-31(3,26)27/h5-12,21H,4,13-15H2,1-3H3,(H,24,25)/b23-16-. The van der Waals surface area contributed by atoms with Crippen molar-refractivity contribution in [1.29, 1.82) is 0 Å². The molecule has 0 aliphatic rings. The van der Waals surface area contributed by atoms with Crippen molar-refractivity contribution in [3.63, 3.8) is 0 Å². The Kier molecular flexibility index (Phi) is 8.87. The molecule has 2 rings (SSSR count). The fraction of sp³-hybridized carbons (Fsp3) is 0.364. The van der Waals surface area contributed by atoms with Crippen molar-refractivity contribution < 1.29 is 32.1 Å². The van der Waals surface area contributed by atoms with Crippen LogP contribution >= 0.6 is 0 Å². The van der Waals surface area contributed by atoms with E-state index in [9.17, 15) is 18.3 Å². The van der Waals surface area contributed by atoms with E-state index in [-0.39, 0.29) is 5.75 Å². The number of aliphatic carboxylic acids is 1. The van der Waals surface area contributed by atoms with E-state index < -0.39 is 22.0 Å². The maximum atomic E-state index is 11.5. The fourth-order valence-corrected chi connectivity index (χ4v) is 3.24. The average molecular weight is 450 g/mol. The predicted molar refractivity (Wildman–Crippen MR) is 117 cm³/mol. The van der Waals surface area contributed by atoms with Crippen LogP contribution in [0.15, 0.2) is 53.7 Å². The number of carbonyl (C=O) groups is 1. The molecule has 2 aromatic carbocycles. The zero-order chi connectivity index (χ0) is 22.9. The third-order valence-corrected chi connectivity index (χ3v) is 4.83. The molecule has 0 spiro atoms. The molecule has 1 unspecified atom stereocenters. The van der Waals surface area contributed by atoms with Crippen molar-refractivity contribution in [3.05, 3.63) is 59.7 Å². The number of carboxylic acids is 1. The van der Waals surface area contributed by atoms with Gasteiger partial charge in [-0.2, -0.15) is 8.42 Å². The molecule has 0 saturated carbocycles. The van der Waals surface area contributed by atoms with Gasteiger partial charge in [-0.3, -0.25) is 4.79 Å². The zero-order valence-electron chi connectivity index (χ0n) is 17.8. The molecule has 8 nitrogen and oxygen atoms in total. The minimum atomic E-state index is -3.54. The van der Waals surface area contributed by atoms with Crippen LogP contribution in [-0.2, 0) is 32.6 Å². The molecule has 0 amide bonds. The number of ether oxygens (including phenoxy) is 1. The van der Waals surface area contributed by atoms with E-state index in [1.54, 1.807) is 50.2 Å². The van der Waals surface area contributed by atoms with Gasteiger partial charge >= 0.3 is 16.1 Å². The predicted octanol–water partition coefficient (Wildman–Crippen LogP) is 3.30. The highest BCUT2D eigenvalue weighted by Gasteiger charge is 2.22. The van der Waals surface area contributed by atoms with Crippen molar-refractivity contribution in [2.75, 3.05) is 19.5 Å². The smallest absolute Gasteiger partial charge is 0.312 e. The van der Waals surface area contributed by atoms with E-state index >= 15 is 0 Å². The Hall–Kier alpha value is -3.07. The van der Waals surface area contributed by atoms with Crippen LogP contribution in [0.4, 0.5) is 0 Å². The minimum absolute atomic E-state index is 0.268. The van der Waals surface area contributed by atoms with Gasteiger partial charge in [0.2, 0.25) is 0 Å². The number of oxime groups is 1. The van der Waals surface area contributed by atoms with E-state index in [0.717, 1.165) is 17.4 Å². The molecule has 9 heteroatoms. The molecule has 0 bridgehead atoms. The van der Waals surface area contributed by atoms with E-state index in [1.165, 1.54) is 0 Å². The number of benzene rings is 2. The van der Waals surface area contributed by atoms with Crippen molar-refractivity contribution >= 4 is 21.8 Å². The number of nitrogens with zero attached hydrogens (tertiary/aromatic N) is 1. The van der Waals surface area contributed by atoms with Crippen molar-refractivity contribution in [2.45, 2.75) is 26.7 Å². The maximum Gasteiger partial charge on any atom is 0.312 e. The first kappa shape index (κ1) is 24.2. The first-order chi connectivity index (χ1) is 14.7.